The van der Waals surface area contributed by atoms with E-state index in [-0.39, 0.29) is 72.4 Å². The molecule has 1 aliphatic carbocycles. The molecule has 18 nitrogen and oxygen atoms in total. The number of amides is 5. The number of hydrogen-bond acceptors (Lipinski definition) is 14. The number of urea groups is 1. The maximum absolute atomic E-state index is 17.7. The Bertz CT molecular complexity index is 3140. The highest BCUT2D eigenvalue weighted by molar-refractivity contribution is 6.34. The molecule has 1 N–H and O–H groups in total. The molecular weight excluding hydrogens is 1040 g/mol. The third-order valence-corrected chi connectivity index (χ3v) is 17.4. The number of carbonyl (C=O) groups is 4. The molecule has 5 aliphatic heterocycles. The molecule has 2 unspecified atom stereocenters. The summed E-state index contributed by atoms with van der Waals surface area (Å²) in [5, 5.41) is 4.95. The minimum Gasteiger partial charge on any atom is -0.468 e. The molecule has 426 valence electrons. The van der Waals surface area contributed by atoms with Crippen LogP contribution in [0.3, 0.4) is 0 Å². The van der Waals surface area contributed by atoms with E-state index < -0.39 is 17.4 Å². The third kappa shape index (κ3) is 12.0. The predicted molar refractivity (Wildman–Crippen MR) is 304 cm³/mol. The van der Waals surface area contributed by atoms with E-state index in [1.54, 1.807) is 31.5 Å². The molecule has 0 spiro atoms. The number of rotatable bonds is 17. The van der Waals surface area contributed by atoms with Crippen LogP contribution in [0.4, 0.5) is 25.5 Å². The van der Waals surface area contributed by atoms with Gasteiger partial charge >= 0.3 is 18.1 Å². The molecule has 5 aromatic rings. The number of imide groups is 1. The number of likely N-dealkylation sites (tertiary alicyclic amines) is 1. The number of nitrogens with one attached hydrogen (secondary N) is 1. The van der Waals surface area contributed by atoms with E-state index in [9.17, 15) is 19.2 Å². The van der Waals surface area contributed by atoms with Crippen molar-refractivity contribution in [2.75, 3.05) is 102 Å². The van der Waals surface area contributed by atoms with Gasteiger partial charge in [-0.05, 0) is 138 Å². The van der Waals surface area contributed by atoms with Crippen LogP contribution in [0.25, 0.3) is 32.9 Å². The molecule has 0 radical (unpaired) electrons. The number of halogens is 2. The van der Waals surface area contributed by atoms with Crippen LogP contribution in [0.2, 0.25) is 5.02 Å². The van der Waals surface area contributed by atoms with E-state index in [0.29, 0.717) is 77.5 Å². The SMILES string of the molecule is CCc1cccc2cc(OCOC)cc(-c3ncc4c(N5CC6CCC(C5)N6C(=O)OC(C)(C)C)nc(OCC5(CN6CCN(CCCC7CCN(C(=O)c8ccc(Cl)c(N9CCC(=O)NC9=O)c8)CC7)CC6)CC5)nc4c3F)c12. The standard InChI is InChI=1S/C60H74ClFN10O8/c1-6-39-10-7-11-40-29-44(79-37-77-5)31-45(50(39)40)52-51(62)53-46(32-63-52)54(70-33-42-13-14-43(34-70)72(42)58(76)80-59(2,3)4)66-56(65-53)78-36-60(19-20-60)35-68-27-25-67(26-28-68)21-8-9-38-16-22-69(23-17-38)55(74)41-12-15-47(61)48(30-41)71-24-18-49(73)64-57(71)75/h7,10-12,15,29-32,38,42-43H,6,8-9,13-14,16-28,33-37H2,1-5H3,(H,64,73,75). The molecule has 3 aromatic carbocycles. The Balaban J connectivity index is 0.727. The minimum absolute atomic E-state index is 0.0343. The summed E-state index contributed by atoms with van der Waals surface area (Å²) in [7, 11) is 1.56. The van der Waals surface area contributed by atoms with Gasteiger partial charge in [0.05, 0.1) is 34.8 Å². The van der Waals surface area contributed by atoms with Gasteiger partial charge in [-0.3, -0.25) is 29.7 Å². The minimum atomic E-state index is -0.624. The lowest BCUT2D eigenvalue weighted by Crippen LogP contribution is -2.57. The van der Waals surface area contributed by atoms with Crippen molar-refractivity contribution in [1.82, 2.24) is 39.9 Å². The van der Waals surface area contributed by atoms with E-state index >= 15 is 4.39 Å². The number of fused-ring (bicyclic) bond motifs is 4. The Morgan fingerprint density at radius 1 is 0.900 bits per heavy atom. The average Bonchev–Trinajstić information content (AvgIpc) is 4.14. The zero-order valence-corrected chi connectivity index (χ0v) is 47.5. The zero-order chi connectivity index (χ0) is 55.9. The van der Waals surface area contributed by atoms with Crippen LogP contribution in [0.1, 0.15) is 101 Å². The van der Waals surface area contributed by atoms with Crippen LogP contribution in [-0.4, -0.2) is 169 Å². The van der Waals surface area contributed by atoms with E-state index in [0.717, 1.165) is 113 Å². The van der Waals surface area contributed by atoms with Gasteiger partial charge in [0.15, 0.2) is 12.6 Å². The highest BCUT2D eigenvalue weighted by atomic mass is 35.5. The molecule has 5 amide bonds. The molecule has 20 heteroatoms. The molecule has 7 heterocycles. The summed E-state index contributed by atoms with van der Waals surface area (Å²) < 4.78 is 41.4. The summed E-state index contributed by atoms with van der Waals surface area (Å²) in [4.78, 5) is 78.6. The van der Waals surface area contributed by atoms with Crippen molar-refractivity contribution >= 4 is 68.7 Å². The number of aromatic nitrogens is 3. The molecule has 5 saturated heterocycles. The largest absolute Gasteiger partial charge is 0.468 e. The van der Waals surface area contributed by atoms with Crippen molar-refractivity contribution in [2.24, 2.45) is 11.3 Å². The number of hydrogen-bond donors (Lipinski definition) is 1. The lowest BCUT2D eigenvalue weighted by Gasteiger charge is -2.42. The van der Waals surface area contributed by atoms with Crippen LogP contribution >= 0.6 is 11.6 Å². The van der Waals surface area contributed by atoms with E-state index in [1.807, 2.05) is 54.8 Å². The first-order valence-corrected chi connectivity index (χ1v) is 29.0. The van der Waals surface area contributed by atoms with Gasteiger partial charge in [-0.1, -0.05) is 36.7 Å². The lowest BCUT2D eigenvalue weighted by molar-refractivity contribution is -0.120. The fourth-order valence-electron chi connectivity index (χ4n) is 12.6. The molecule has 6 fully saturated rings. The average molecular weight is 1120 g/mol. The molecule has 11 rings (SSSR count). The number of aryl methyl sites for hydroxylation is 1. The van der Waals surface area contributed by atoms with Crippen LogP contribution in [0.5, 0.6) is 11.8 Å². The summed E-state index contributed by atoms with van der Waals surface area (Å²) in [5.41, 5.74) is 2.16. The predicted octanol–water partition coefficient (Wildman–Crippen LogP) is 9.33. The number of carbonyl (C=O) groups excluding carboxylic acids is 4. The summed E-state index contributed by atoms with van der Waals surface area (Å²) in [5.74, 6) is 0.656. The second kappa shape index (κ2) is 23.2. The zero-order valence-electron chi connectivity index (χ0n) is 46.7. The van der Waals surface area contributed by atoms with Crippen molar-refractivity contribution in [1.29, 1.82) is 0 Å². The summed E-state index contributed by atoms with van der Waals surface area (Å²) >= 11 is 6.45. The van der Waals surface area contributed by atoms with Crippen LogP contribution in [-0.2, 0) is 20.7 Å². The fourth-order valence-corrected chi connectivity index (χ4v) is 12.8. The summed E-state index contributed by atoms with van der Waals surface area (Å²) in [6, 6.07) is 14.2. The lowest BCUT2D eigenvalue weighted by atomic mass is 9.91. The highest BCUT2D eigenvalue weighted by Gasteiger charge is 2.47. The molecule has 1 saturated carbocycles. The van der Waals surface area contributed by atoms with Gasteiger partial charge in [-0.25, -0.2) is 14.0 Å². The number of anilines is 2. The van der Waals surface area contributed by atoms with Gasteiger partial charge in [0.1, 0.15) is 28.4 Å². The molecule has 6 aliphatic rings. The summed E-state index contributed by atoms with van der Waals surface area (Å²) in [6.45, 7) is 16.6. The Hall–Kier alpha value is -6.41. The maximum Gasteiger partial charge on any atom is 0.410 e. The van der Waals surface area contributed by atoms with Crippen molar-refractivity contribution in [3.8, 4) is 23.0 Å². The van der Waals surface area contributed by atoms with Crippen LogP contribution in [0, 0.1) is 17.2 Å². The molecule has 2 atom stereocenters. The molecule has 2 bridgehead atoms. The first-order chi connectivity index (χ1) is 38.6. The van der Waals surface area contributed by atoms with E-state index in [2.05, 4.69) is 33.0 Å². The number of methoxy groups -OCH3 is 1. The number of ether oxygens (including phenoxy) is 4. The maximum atomic E-state index is 17.7. The van der Waals surface area contributed by atoms with Gasteiger partial charge in [0, 0.05) is 102 Å². The number of piperazine rings is 2. The number of nitrogens with zero attached hydrogens (tertiary/aromatic N) is 9. The first-order valence-electron chi connectivity index (χ1n) is 28.6. The second-order valence-corrected chi connectivity index (χ2v) is 24.2. The highest BCUT2D eigenvalue weighted by Crippen LogP contribution is 2.47. The Morgan fingerprint density at radius 2 is 1.65 bits per heavy atom. The van der Waals surface area contributed by atoms with Gasteiger partial charge < -0.3 is 38.5 Å². The monoisotopic (exact) mass is 1120 g/mol. The van der Waals surface area contributed by atoms with Crippen LogP contribution < -0.4 is 24.6 Å². The molecular formula is C60H74ClFN10O8. The normalized spacial score (nSPS) is 20.9. The van der Waals surface area contributed by atoms with E-state index in [4.69, 9.17) is 45.5 Å². The Kier molecular flexibility index (Phi) is 16.1. The Morgan fingerprint density at radius 3 is 2.35 bits per heavy atom. The number of benzene rings is 3. The smallest absolute Gasteiger partial charge is 0.410 e. The number of pyridine rings is 1. The van der Waals surface area contributed by atoms with Gasteiger partial charge in [-0.15, -0.1) is 0 Å². The topological polar surface area (TPSA) is 175 Å². The quantitative estimate of drug-likeness (QED) is 0.0872. The Labute approximate surface area is 472 Å². The number of piperidine rings is 1. The van der Waals surface area contributed by atoms with Gasteiger partial charge in [-0.2, -0.15) is 9.97 Å². The molecule has 80 heavy (non-hydrogen) atoms. The molecule has 2 aromatic heterocycles. The van der Waals surface area contributed by atoms with Crippen molar-refractivity contribution < 1.29 is 42.5 Å². The second-order valence-electron chi connectivity index (χ2n) is 23.8. The van der Waals surface area contributed by atoms with Crippen molar-refractivity contribution in [3.63, 3.8) is 0 Å². The first kappa shape index (κ1) is 55.5. The van der Waals surface area contributed by atoms with Gasteiger partial charge in [0.2, 0.25) is 5.91 Å². The summed E-state index contributed by atoms with van der Waals surface area (Å²) in [6.07, 6.45) is 10.1. The van der Waals surface area contributed by atoms with Gasteiger partial charge in [0.25, 0.3) is 5.91 Å². The van der Waals surface area contributed by atoms with Crippen LogP contribution in [0.15, 0.2) is 54.7 Å². The van der Waals surface area contributed by atoms with E-state index in [1.165, 1.54) is 4.90 Å². The third-order valence-electron chi connectivity index (χ3n) is 17.1. The van der Waals surface area contributed by atoms with Crippen molar-refractivity contribution in [2.45, 2.75) is 110 Å². The van der Waals surface area contributed by atoms with Crippen molar-refractivity contribution in [3.05, 3.63) is 76.7 Å². The fraction of sp³-hybridized carbons (Fsp3) is 0.550.